The Morgan fingerprint density at radius 2 is 2.36 bits per heavy atom. The van der Waals surface area contributed by atoms with Crippen LogP contribution in [0, 0.1) is 6.92 Å². The number of nitrogens with zero attached hydrogens (tertiary/aromatic N) is 4. The first kappa shape index (κ1) is 14.8. The highest BCUT2D eigenvalue weighted by Gasteiger charge is 2.25. The van der Waals surface area contributed by atoms with Crippen LogP contribution in [-0.2, 0) is 18.3 Å². The van der Waals surface area contributed by atoms with Gasteiger partial charge >= 0.3 is 0 Å². The molecular weight excluding hydrogens is 278 g/mol. The van der Waals surface area contributed by atoms with E-state index in [0.717, 1.165) is 49.3 Å². The topological polar surface area (TPSA) is 66.8 Å². The number of piperidine rings is 1. The Morgan fingerprint density at radius 1 is 1.50 bits per heavy atom. The standard InChI is InChI=1S/C16H23N5O/c1-12-8-15(19-18-12)14-4-3-7-21(11-14)16(22)6-5-13-9-17-20(2)10-13/h8-10,14H,3-7,11H2,1-2H3,(H,18,19)/t14-/m1/s1. The molecule has 6 nitrogen and oxygen atoms in total. The summed E-state index contributed by atoms with van der Waals surface area (Å²) in [6.07, 6.45) is 7.27. The van der Waals surface area contributed by atoms with Crippen molar-refractivity contribution in [2.45, 2.75) is 38.5 Å². The lowest BCUT2D eigenvalue weighted by Gasteiger charge is -2.32. The van der Waals surface area contributed by atoms with Crippen LogP contribution in [0.5, 0.6) is 0 Å². The largest absolute Gasteiger partial charge is 0.342 e. The van der Waals surface area contributed by atoms with Gasteiger partial charge in [0.25, 0.3) is 0 Å². The second-order valence-corrected chi connectivity index (χ2v) is 6.18. The Morgan fingerprint density at radius 3 is 3.05 bits per heavy atom. The van der Waals surface area contributed by atoms with Gasteiger partial charge in [-0.2, -0.15) is 10.2 Å². The number of carbonyl (C=O) groups is 1. The molecule has 0 aliphatic carbocycles. The predicted molar refractivity (Wildman–Crippen MR) is 83.4 cm³/mol. The molecule has 1 N–H and O–H groups in total. The second-order valence-electron chi connectivity index (χ2n) is 6.18. The van der Waals surface area contributed by atoms with Crippen molar-refractivity contribution in [2.75, 3.05) is 13.1 Å². The van der Waals surface area contributed by atoms with Gasteiger partial charge in [-0.05, 0) is 37.8 Å². The fourth-order valence-electron chi connectivity index (χ4n) is 3.10. The normalized spacial score (nSPS) is 18.6. The van der Waals surface area contributed by atoms with E-state index >= 15 is 0 Å². The summed E-state index contributed by atoms with van der Waals surface area (Å²) in [5.41, 5.74) is 3.28. The molecule has 6 heteroatoms. The van der Waals surface area contributed by atoms with Gasteiger partial charge in [-0.15, -0.1) is 0 Å². The van der Waals surface area contributed by atoms with E-state index in [1.165, 1.54) is 0 Å². The summed E-state index contributed by atoms with van der Waals surface area (Å²) >= 11 is 0. The number of H-pyrrole nitrogens is 1. The quantitative estimate of drug-likeness (QED) is 0.936. The molecule has 0 saturated carbocycles. The highest BCUT2D eigenvalue weighted by molar-refractivity contribution is 5.76. The number of hydrogen-bond donors (Lipinski definition) is 1. The van der Waals surface area contributed by atoms with Gasteiger partial charge in [0.1, 0.15) is 0 Å². The van der Waals surface area contributed by atoms with E-state index in [2.05, 4.69) is 21.4 Å². The summed E-state index contributed by atoms with van der Waals surface area (Å²) < 4.78 is 1.77. The van der Waals surface area contributed by atoms with Gasteiger partial charge in [-0.1, -0.05) is 0 Å². The van der Waals surface area contributed by atoms with Crippen molar-refractivity contribution in [1.82, 2.24) is 24.9 Å². The van der Waals surface area contributed by atoms with Crippen molar-refractivity contribution in [1.29, 1.82) is 0 Å². The summed E-state index contributed by atoms with van der Waals surface area (Å²) in [7, 11) is 1.90. The molecule has 1 atom stereocenters. The lowest BCUT2D eigenvalue weighted by atomic mass is 9.94. The van der Waals surface area contributed by atoms with Gasteiger partial charge in [0.05, 0.1) is 11.9 Å². The van der Waals surface area contributed by atoms with E-state index in [1.54, 1.807) is 4.68 Å². The summed E-state index contributed by atoms with van der Waals surface area (Å²) in [6, 6.07) is 2.09. The SMILES string of the molecule is Cc1cc([C@@H]2CCCN(C(=O)CCc3cnn(C)c3)C2)n[nH]1. The zero-order chi connectivity index (χ0) is 15.5. The minimum Gasteiger partial charge on any atom is -0.342 e. The maximum Gasteiger partial charge on any atom is 0.222 e. The number of carbonyl (C=O) groups excluding carboxylic acids is 1. The minimum absolute atomic E-state index is 0.237. The fraction of sp³-hybridized carbons (Fsp3) is 0.562. The molecule has 3 heterocycles. The Labute approximate surface area is 130 Å². The van der Waals surface area contributed by atoms with Crippen LogP contribution in [-0.4, -0.2) is 43.9 Å². The summed E-state index contributed by atoms with van der Waals surface area (Å²) in [4.78, 5) is 14.4. The highest BCUT2D eigenvalue weighted by atomic mass is 16.2. The van der Waals surface area contributed by atoms with Crippen LogP contribution < -0.4 is 0 Å². The van der Waals surface area contributed by atoms with E-state index < -0.39 is 0 Å². The molecule has 3 rings (SSSR count). The number of likely N-dealkylation sites (tertiary alicyclic amines) is 1. The van der Waals surface area contributed by atoms with E-state index in [4.69, 9.17) is 0 Å². The molecule has 1 aliphatic rings. The third kappa shape index (κ3) is 3.37. The zero-order valence-corrected chi connectivity index (χ0v) is 13.2. The molecule has 1 aliphatic heterocycles. The van der Waals surface area contributed by atoms with Crippen molar-refractivity contribution in [2.24, 2.45) is 7.05 Å². The number of aromatic amines is 1. The first-order valence-electron chi connectivity index (χ1n) is 7.89. The maximum atomic E-state index is 12.4. The minimum atomic E-state index is 0.237. The number of aromatic nitrogens is 4. The number of amides is 1. The summed E-state index contributed by atoms with van der Waals surface area (Å²) in [6.45, 7) is 3.66. The van der Waals surface area contributed by atoms with Gasteiger partial charge in [-0.25, -0.2) is 0 Å². The van der Waals surface area contributed by atoms with Crippen LogP contribution in [0.3, 0.4) is 0 Å². The third-order valence-corrected chi connectivity index (χ3v) is 4.30. The molecule has 1 fully saturated rings. The van der Waals surface area contributed by atoms with Crippen molar-refractivity contribution in [3.63, 3.8) is 0 Å². The van der Waals surface area contributed by atoms with E-state index in [-0.39, 0.29) is 5.91 Å². The molecular formula is C16H23N5O. The Bertz CT molecular complexity index is 645. The van der Waals surface area contributed by atoms with Crippen LogP contribution in [0.15, 0.2) is 18.5 Å². The molecule has 22 heavy (non-hydrogen) atoms. The van der Waals surface area contributed by atoms with Crippen LogP contribution in [0.25, 0.3) is 0 Å². The average molecular weight is 301 g/mol. The lowest BCUT2D eigenvalue weighted by Crippen LogP contribution is -2.39. The first-order chi connectivity index (χ1) is 10.6. The molecule has 0 spiro atoms. The second kappa shape index (κ2) is 6.34. The monoisotopic (exact) mass is 301 g/mol. The third-order valence-electron chi connectivity index (χ3n) is 4.30. The van der Waals surface area contributed by atoms with Crippen molar-refractivity contribution in [3.8, 4) is 0 Å². The number of rotatable bonds is 4. The van der Waals surface area contributed by atoms with E-state index in [1.807, 2.05) is 31.3 Å². The molecule has 118 valence electrons. The highest BCUT2D eigenvalue weighted by Crippen LogP contribution is 2.26. The number of aryl methyl sites for hydroxylation is 3. The van der Waals surface area contributed by atoms with Crippen LogP contribution in [0.2, 0.25) is 0 Å². The maximum absolute atomic E-state index is 12.4. The summed E-state index contributed by atoms with van der Waals surface area (Å²) in [5, 5.41) is 11.5. The van der Waals surface area contributed by atoms with Crippen molar-refractivity contribution >= 4 is 5.91 Å². The van der Waals surface area contributed by atoms with E-state index in [9.17, 15) is 4.79 Å². The first-order valence-corrected chi connectivity index (χ1v) is 7.89. The van der Waals surface area contributed by atoms with Gasteiger partial charge < -0.3 is 4.90 Å². The molecule has 0 bridgehead atoms. The van der Waals surface area contributed by atoms with Crippen molar-refractivity contribution in [3.05, 3.63) is 35.4 Å². The Balaban J connectivity index is 1.55. The lowest BCUT2D eigenvalue weighted by molar-refractivity contribution is -0.132. The zero-order valence-electron chi connectivity index (χ0n) is 13.2. The van der Waals surface area contributed by atoms with Crippen LogP contribution >= 0.6 is 0 Å². The number of nitrogens with one attached hydrogen (secondary N) is 1. The van der Waals surface area contributed by atoms with Crippen LogP contribution in [0.1, 0.15) is 42.1 Å². The molecule has 0 aromatic carbocycles. The molecule has 2 aromatic rings. The average Bonchev–Trinajstić information content (AvgIpc) is 3.13. The smallest absolute Gasteiger partial charge is 0.222 e. The van der Waals surface area contributed by atoms with E-state index in [0.29, 0.717) is 12.3 Å². The molecule has 1 saturated heterocycles. The predicted octanol–water partition coefficient (Wildman–Crippen LogP) is 1.79. The fourth-order valence-corrected chi connectivity index (χ4v) is 3.10. The molecule has 2 aromatic heterocycles. The molecule has 0 radical (unpaired) electrons. The van der Waals surface area contributed by atoms with Crippen LogP contribution in [0.4, 0.5) is 0 Å². The Hall–Kier alpha value is -2.11. The van der Waals surface area contributed by atoms with Gasteiger partial charge in [0.2, 0.25) is 5.91 Å². The number of hydrogen-bond acceptors (Lipinski definition) is 3. The van der Waals surface area contributed by atoms with Crippen molar-refractivity contribution < 1.29 is 4.79 Å². The van der Waals surface area contributed by atoms with Gasteiger partial charge in [0, 0.05) is 44.4 Å². The Kier molecular flexibility index (Phi) is 4.27. The molecule has 0 unspecified atom stereocenters. The molecule has 1 amide bonds. The summed E-state index contributed by atoms with van der Waals surface area (Å²) in [5.74, 6) is 0.599. The van der Waals surface area contributed by atoms with Gasteiger partial charge in [0.15, 0.2) is 0 Å². The van der Waals surface area contributed by atoms with Gasteiger partial charge in [-0.3, -0.25) is 14.6 Å².